The van der Waals surface area contributed by atoms with Crippen molar-refractivity contribution < 1.29 is 14.3 Å². The van der Waals surface area contributed by atoms with Crippen molar-refractivity contribution in [3.8, 4) is 5.75 Å². The SMILES string of the molecule is CC(C)(C)C(=O)NCCNC(=O)COc1ccccc1. The fourth-order valence-electron chi connectivity index (χ4n) is 1.36. The standard InChI is InChI=1S/C15H22N2O3/c1-15(2,3)14(19)17-10-9-16-13(18)11-20-12-7-5-4-6-8-12/h4-8H,9-11H2,1-3H3,(H,16,18)(H,17,19). The monoisotopic (exact) mass is 278 g/mol. The maximum Gasteiger partial charge on any atom is 0.258 e. The first-order valence-corrected chi connectivity index (χ1v) is 6.62. The van der Waals surface area contributed by atoms with Gasteiger partial charge in [-0.1, -0.05) is 39.0 Å². The second-order valence-electron chi connectivity index (χ2n) is 5.46. The molecule has 20 heavy (non-hydrogen) atoms. The van der Waals surface area contributed by atoms with Gasteiger partial charge in [0.2, 0.25) is 5.91 Å². The Bertz CT molecular complexity index is 438. The van der Waals surface area contributed by atoms with Crippen LogP contribution in [0.4, 0.5) is 0 Å². The molecule has 1 aromatic carbocycles. The van der Waals surface area contributed by atoms with Gasteiger partial charge in [-0.3, -0.25) is 9.59 Å². The topological polar surface area (TPSA) is 67.4 Å². The van der Waals surface area contributed by atoms with Crippen LogP contribution < -0.4 is 15.4 Å². The molecule has 0 fully saturated rings. The number of amides is 2. The van der Waals surface area contributed by atoms with Crippen molar-refractivity contribution in [3.05, 3.63) is 30.3 Å². The molecule has 0 saturated carbocycles. The van der Waals surface area contributed by atoms with E-state index < -0.39 is 5.41 Å². The molecule has 2 N–H and O–H groups in total. The van der Waals surface area contributed by atoms with Crippen molar-refractivity contribution >= 4 is 11.8 Å². The van der Waals surface area contributed by atoms with E-state index in [1.54, 1.807) is 12.1 Å². The van der Waals surface area contributed by atoms with Crippen molar-refractivity contribution in [1.29, 1.82) is 0 Å². The van der Waals surface area contributed by atoms with Crippen LogP contribution in [-0.2, 0) is 9.59 Å². The Morgan fingerprint density at radius 2 is 1.65 bits per heavy atom. The minimum absolute atomic E-state index is 0.0305. The van der Waals surface area contributed by atoms with Crippen LogP contribution in [0.2, 0.25) is 0 Å². The molecule has 0 radical (unpaired) electrons. The number of hydrogen-bond donors (Lipinski definition) is 2. The van der Waals surface area contributed by atoms with Gasteiger partial charge in [-0.2, -0.15) is 0 Å². The molecule has 0 aromatic heterocycles. The molecule has 0 aliphatic rings. The highest BCUT2D eigenvalue weighted by Crippen LogP contribution is 2.11. The summed E-state index contributed by atoms with van der Waals surface area (Å²) in [4.78, 5) is 23.1. The number of para-hydroxylation sites is 1. The highest BCUT2D eigenvalue weighted by Gasteiger charge is 2.20. The lowest BCUT2D eigenvalue weighted by molar-refractivity contribution is -0.128. The van der Waals surface area contributed by atoms with Crippen LogP contribution in [-0.4, -0.2) is 31.5 Å². The van der Waals surface area contributed by atoms with Crippen LogP contribution in [0, 0.1) is 5.41 Å². The van der Waals surface area contributed by atoms with Gasteiger partial charge in [0, 0.05) is 18.5 Å². The number of ether oxygens (including phenoxy) is 1. The summed E-state index contributed by atoms with van der Waals surface area (Å²) < 4.78 is 5.30. The van der Waals surface area contributed by atoms with Crippen LogP contribution in [0.25, 0.3) is 0 Å². The van der Waals surface area contributed by atoms with Crippen LogP contribution in [0.1, 0.15) is 20.8 Å². The third-order valence-electron chi connectivity index (χ3n) is 2.53. The number of hydrogen-bond acceptors (Lipinski definition) is 3. The van der Waals surface area contributed by atoms with E-state index >= 15 is 0 Å². The molecule has 5 nitrogen and oxygen atoms in total. The van der Waals surface area contributed by atoms with Gasteiger partial charge in [0.25, 0.3) is 5.91 Å². The van der Waals surface area contributed by atoms with Crippen molar-refractivity contribution in [2.24, 2.45) is 5.41 Å². The van der Waals surface area contributed by atoms with Crippen molar-refractivity contribution in [1.82, 2.24) is 10.6 Å². The largest absolute Gasteiger partial charge is 0.484 e. The zero-order chi connectivity index (χ0) is 15.0. The highest BCUT2D eigenvalue weighted by atomic mass is 16.5. The van der Waals surface area contributed by atoms with Crippen LogP contribution in [0.15, 0.2) is 30.3 Å². The predicted octanol–water partition coefficient (Wildman–Crippen LogP) is 1.34. The Kier molecular flexibility index (Phi) is 6.03. The fraction of sp³-hybridized carbons (Fsp3) is 0.467. The lowest BCUT2D eigenvalue weighted by atomic mass is 9.96. The van der Waals surface area contributed by atoms with E-state index in [1.807, 2.05) is 39.0 Å². The number of carbonyl (C=O) groups excluding carboxylic acids is 2. The maximum absolute atomic E-state index is 11.6. The Morgan fingerprint density at radius 3 is 2.25 bits per heavy atom. The molecule has 110 valence electrons. The lowest BCUT2D eigenvalue weighted by Crippen LogP contribution is -2.40. The first-order valence-electron chi connectivity index (χ1n) is 6.62. The minimum atomic E-state index is -0.416. The summed E-state index contributed by atoms with van der Waals surface area (Å²) in [5, 5.41) is 5.44. The van der Waals surface area contributed by atoms with Crippen LogP contribution in [0.3, 0.4) is 0 Å². The van der Waals surface area contributed by atoms with E-state index in [2.05, 4.69) is 10.6 Å². The minimum Gasteiger partial charge on any atom is -0.484 e. The molecule has 0 aliphatic carbocycles. The number of carbonyl (C=O) groups is 2. The van der Waals surface area contributed by atoms with E-state index in [-0.39, 0.29) is 18.4 Å². The maximum atomic E-state index is 11.6. The summed E-state index contributed by atoms with van der Waals surface area (Å²) in [7, 11) is 0. The number of benzene rings is 1. The molecule has 0 saturated heterocycles. The van der Waals surface area contributed by atoms with Gasteiger partial charge in [0.15, 0.2) is 6.61 Å². The highest BCUT2D eigenvalue weighted by molar-refractivity contribution is 5.81. The van der Waals surface area contributed by atoms with Gasteiger partial charge in [0.05, 0.1) is 0 Å². The molecule has 0 atom stereocenters. The summed E-state index contributed by atoms with van der Waals surface area (Å²) in [6, 6.07) is 9.14. The van der Waals surface area contributed by atoms with E-state index in [9.17, 15) is 9.59 Å². The zero-order valence-electron chi connectivity index (χ0n) is 12.2. The summed E-state index contributed by atoms with van der Waals surface area (Å²) in [6.45, 7) is 6.29. The van der Waals surface area contributed by atoms with Gasteiger partial charge in [-0.15, -0.1) is 0 Å². The quantitative estimate of drug-likeness (QED) is 0.772. The average Bonchev–Trinajstić information content (AvgIpc) is 2.41. The van der Waals surface area contributed by atoms with Crippen molar-refractivity contribution in [2.45, 2.75) is 20.8 Å². The van der Waals surface area contributed by atoms with E-state index in [4.69, 9.17) is 4.74 Å². The summed E-state index contributed by atoms with van der Waals surface area (Å²) in [5.41, 5.74) is -0.416. The molecular weight excluding hydrogens is 256 g/mol. The molecule has 5 heteroatoms. The van der Waals surface area contributed by atoms with Gasteiger partial charge in [0.1, 0.15) is 5.75 Å². The smallest absolute Gasteiger partial charge is 0.258 e. The van der Waals surface area contributed by atoms with Gasteiger partial charge >= 0.3 is 0 Å². The first kappa shape index (κ1) is 16.0. The molecule has 0 bridgehead atoms. The van der Waals surface area contributed by atoms with E-state index in [1.165, 1.54) is 0 Å². The van der Waals surface area contributed by atoms with Gasteiger partial charge in [-0.25, -0.2) is 0 Å². The van der Waals surface area contributed by atoms with Crippen LogP contribution in [0.5, 0.6) is 5.75 Å². The summed E-state index contributed by atoms with van der Waals surface area (Å²) >= 11 is 0. The summed E-state index contributed by atoms with van der Waals surface area (Å²) in [5.74, 6) is 0.412. The van der Waals surface area contributed by atoms with Crippen molar-refractivity contribution in [2.75, 3.05) is 19.7 Å². The Morgan fingerprint density at radius 1 is 1.05 bits per heavy atom. The molecule has 1 aromatic rings. The Balaban J connectivity index is 2.13. The molecule has 2 amide bonds. The Labute approximate surface area is 119 Å². The second kappa shape index (κ2) is 7.53. The average molecular weight is 278 g/mol. The predicted molar refractivity (Wildman–Crippen MR) is 77.4 cm³/mol. The van der Waals surface area contributed by atoms with Crippen LogP contribution >= 0.6 is 0 Å². The van der Waals surface area contributed by atoms with E-state index in [0.29, 0.717) is 18.8 Å². The first-order chi connectivity index (χ1) is 9.39. The number of rotatable bonds is 6. The second-order valence-corrected chi connectivity index (χ2v) is 5.46. The van der Waals surface area contributed by atoms with Gasteiger partial charge in [-0.05, 0) is 12.1 Å². The Hall–Kier alpha value is -2.04. The fourth-order valence-corrected chi connectivity index (χ4v) is 1.36. The summed E-state index contributed by atoms with van der Waals surface area (Å²) in [6.07, 6.45) is 0. The number of nitrogens with one attached hydrogen (secondary N) is 2. The third-order valence-corrected chi connectivity index (χ3v) is 2.53. The molecule has 1 rings (SSSR count). The van der Waals surface area contributed by atoms with E-state index in [0.717, 1.165) is 0 Å². The molecule has 0 aliphatic heterocycles. The normalized spacial score (nSPS) is 10.8. The third kappa shape index (κ3) is 6.22. The lowest BCUT2D eigenvalue weighted by Gasteiger charge is -2.17. The zero-order valence-corrected chi connectivity index (χ0v) is 12.2. The molecule has 0 unspecified atom stereocenters. The molecular formula is C15H22N2O3. The molecule has 0 heterocycles. The molecule has 0 spiro atoms. The van der Waals surface area contributed by atoms with Crippen molar-refractivity contribution in [3.63, 3.8) is 0 Å². The van der Waals surface area contributed by atoms with Gasteiger partial charge < -0.3 is 15.4 Å².